The van der Waals surface area contributed by atoms with Crippen LogP contribution in [-0.4, -0.2) is 34.1 Å². The Balaban J connectivity index is 0.00000182. The minimum atomic E-state index is 0. The monoisotopic (exact) mass is 358 g/mol. The van der Waals surface area contributed by atoms with Gasteiger partial charge in [-0.15, -0.1) is 12.4 Å². The van der Waals surface area contributed by atoms with Gasteiger partial charge in [-0.3, -0.25) is 4.90 Å². The number of furan rings is 1. The van der Waals surface area contributed by atoms with E-state index < -0.39 is 0 Å². The van der Waals surface area contributed by atoms with E-state index in [9.17, 15) is 0 Å². The predicted molar refractivity (Wildman–Crippen MR) is 101 cm³/mol. The highest BCUT2D eigenvalue weighted by molar-refractivity contribution is 5.85. The molecule has 1 atom stereocenters. The largest absolute Gasteiger partial charge is 0.460 e. The van der Waals surface area contributed by atoms with Crippen molar-refractivity contribution in [1.82, 2.24) is 19.8 Å². The number of hydrogen-bond donors (Lipinski definition) is 1. The van der Waals surface area contributed by atoms with Crippen LogP contribution in [0.15, 0.2) is 59.3 Å². The predicted octanol–water partition coefficient (Wildman–Crippen LogP) is 3.25. The second kappa shape index (κ2) is 7.87. The summed E-state index contributed by atoms with van der Waals surface area (Å²) in [6.07, 6.45) is 3.87. The molecule has 1 aliphatic rings. The van der Waals surface area contributed by atoms with Crippen LogP contribution in [0.3, 0.4) is 0 Å². The molecule has 0 radical (unpaired) electrons. The Hall–Kier alpha value is -2.08. The first-order valence-corrected chi connectivity index (χ1v) is 8.37. The Labute approximate surface area is 154 Å². The molecule has 25 heavy (non-hydrogen) atoms. The van der Waals surface area contributed by atoms with E-state index in [1.165, 1.54) is 0 Å². The number of hydrogen-bond acceptors (Lipinski definition) is 4. The van der Waals surface area contributed by atoms with E-state index in [2.05, 4.69) is 51.1 Å². The fourth-order valence-corrected chi connectivity index (χ4v) is 3.31. The van der Waals surface area contributed by atoms with E-state index in [0.717, 1.165) is 49.1 Å². The summed E-state index contributed by atoms with van der Waals surface area (Å²) in [5, 5.41) is 3.47. The molecular weight excluding hydrogens is 336 g/mol. The maximum absolute atomic E-state index is 6.08. The molecule has 1 N–H and O–H groups in total. The van der Waals surface area contributed by atoms with Gasteiger partial charge in [0.05, 0.1) is 12.6 Å². The van der Waals surface area contributed by atoms with Crippen LogP contribution in [0.5, 0.6) is 0 Å². The fourth-order valence-electron chi connectivity index (χ4n) is 3.31. The van der Waals surface area contributed by atoms with Gasteiger partial charge in [0.25, 0.3) is 0 Å². The molecular formula is C19H23ClN4O. The number of nitrogens with zero attached hydrogens (tertiary/aromatic N) is 3. The molecule has 3 heterocycles. The molecule has 0 aliphatic carbocycles. The number of benzene rings is 1. The van der Waals surface area contributed by atoms with Gasteiger partial charge in [-0.25, -0.2) is 4.98 Å². The third-order valence-electron chi connectivity index (χ3n) is 4.59. The van der Waals surface area contributed by atoms with Gasteiger partial charge in [0.2, 0.25) is 0 Å². The van der Waals surface area contributed by atoms with Crippen LogP contribution in [-0.2, 0) is 13.6 Å². The second-order valence-electron chi connectivity index (χ2n) is 6.22. The molecule has 1 unspecified atom stereocenters. The van der Waals surface area contributed by atoms with E-state index in [1.54, 1.807) is 0 Å². The molecule has 1 aromatic carbocycles. The number of aromatic nitrogens is 2. The first-order chi connectivity index (χ1) is 11.8. The summed E-state index contributed by atoms with van der Waals surface area (Å²) in [7, 11) is 2.05. The lowest BCUT2D eigenvalue weighted by Crippen LogP contribution is -2.46. The molecule has 5 nitrogen and oxygen atoms in total. The highest BCUT2D eigenvalue weighted by Crippen LogP contribution is 2.26. The third-order valence-corrected chi connectivity index (χ3v) is 4.59. The van der Waals surface area contributed by atoms with Crippen molar-refractivity contribution in [2.75, 3.05) is 19.6 Å². The lowest BCUT2D eigenvalue weighted by atomic mass is 10.1. The first-order valence-electron chi connectivity index (χ1n) is 8.37. The minimum absolute atomic E-state index is 0. The van der Waals surface area contributed by atoms with E-state index in [-0.39, 0.29) is 18.4 Å². The number of halogens is 1. The Bertz CT molecular complexity index is 799. The zero-order valence-electron chi connectivity index (χ0n) is 14.3. The van der Waals surface area contributed by atoms with Crippen LogP contribution in [0, 0.1) is 0 Å². The average molecular weight is 359 g/mol. The zero-order valence-corrected chi connectivity index (χ0v) is 15.1. The van der Waals surface area contributed by atoms with Crippen molar-refractivity contribution in [2.45, 2.75) is 12.6 Å². The van der Waals surface area contributed by atoms with Crippen molar-refractivity contribution in [3.63, 3.8) is 0 Å². The highest BCUT2D eigenvalue weighted by Gasteiger charge is 2.27. The van der Waals surface area contributed by atoms with E-state index >= 15 is 0 Å². The third kappa shape index (κ3) is 3.79. The van der Waals surface area contributed by atoms with Crippen molar-refractivity contribution >= 4 is 12.4 Å². The molecule has 132 valence electrons. The Morgan fingerprint density at radius 2 is 2.04 bits per heavy atom. The summed E-state index contributed by atoms with van der Waals surface area (Å²) < 4.78 is 8.18. The fraction of sp³-hybridized carbons (Fsp3) is 0.316. The summed E-state index contributed by atoms with van der Waals surface area (Å²) in [4.78, 5) is 6.97. The maximum atomic E-state index is 6.08. The zero-order chi connectivity index (χ0) is 16.4. The molecule has 0 amide bonds. The van der Waals surface area contributed by atoms with E-state index in [4.69, 9.17) is 4.42 Å². The number of piperazine rings is 1. The minimum Gasteiger partial charge on any atom is -0.460 e. The quantitative estimate of drug-likeness (QED) is 0.777. The molecule has 0 spiro atoms. The van der Waals surface area contributed by atoms with Crippen LogP contribution in [0.25, 0.3) is 11.3 Å². The lowest BCUT2D eigenvalue weighted by molar-refractivity contribution is 0.135. The van der Waals surface area contributed by atoms with Gasteiger partial charge in [0.15, 0.2) is 0 Å². The highest BCUT2D eigenvalue weighted by atomic mass is 35.5. The van der Waals surface area contributed by atoms with Crippen molar-refractivity contribution < 1.29 is 4.42 Å². The molecule has 0 bridgehead atoms. The van der Waals surface area contributed by atoms with Gasteiger partial charge in [0.1, 0.15) is 17.3 Å². The van der Waals surface area contributed by atoms with Gasteiger partial charge >= 0.3 is 0 Å². The van der Waals surface area contributed by atoms with Gasteiger partial charge in [0, 0.05) is 44.6 Å². The maximum Gasteiger partial charge on any atom is 0.134 e. The summed E-state index contributed by atoms with van der Waals surface area (Å²) in [5.41, 5.74) is 1.12. The molecule has 1 fully saturated rings. The van der Waals surface area contributed by atoms with E-state index in [0.29, 0.717) is 0 Å². The van der Waals surface area contributed by atoms with Gasteiger partial charge in [-0.2, -0.15) is 0 Å². The Kier molecular flexibility index (Phi) is 5.58. The smallest absolute Gasteiger partial charge is 0.134 e. The van der Waals surface area contributed by atoms with Crippen LogP contribution in [0.1, 0.15) is 17.6 Å². The molecule has 1 saturated heterocycles. The van der Waals surface area contributed by atoms with Crippen LogP contribution >= 0.6 is 12.4 Å². The standard InChI is InChI=1S/C19H22N4O.ClH/c1-22-11-10-21-19(22)17-13-20-9-12-23(17)14-16-7-8-18(24-16)15-5-3-2-4-6-15;/h2-8,10-11,17,20H,9,12-14H2,1H3;1H. The van der Waals surface area contributed by atoms with Crippen LogP contribution in [0.2, 0.25) is 0 Å². The average Bonchev–Trinajstić information content (AvgIpc) is 3.25. The Morgan fingerprint density at radius 1 is 1.20 bits per heavy atom. The number of rotatable bonds is 4. The first kappa shape index (κ1) is 17.7. The van der Waals surface area contributed by atoms with Gasteiger partial charge in [-0.1, -0.05) is 30.3 Å². The number of imidazole rings is 1. The lowest BCUT2D eigenvalue weighted by Gasteiger charge is -2.35. The molecule has 3 aromatic rings. The Morgan fingerprint density at radius 3 is 2.80 bits per heavy atom. The topological polar surface area (TPSA) is 46.2 Å². The summed E-state index contributed by atoms with van der Waals surface area (Å²) >= 11 is 0. The summed E-state index contributed by atoms with van der Waals surface area (Å²) in [6.45, 7) is 3.69. The van der Waals surface area contributed by atoms with Crippen molar-refractivity contribution in [3.05, 3.63) is 66.4 Å². The molecule has 1 aliphatic heterocycles. The summed E-state index contributed by atoms with van der Waals surface area (Å²) in [6, 6.07) is 14.6. The second-order valence-corrected chi connectivity index (χ2v) is 6.22. The molecule has 6 heteroatoms. The molecule has 0 saturated carbocycles. The van der Waals surface area contributed by atoms with E-state index in [1.807, 2.05) is 30.6 Å². The van der Waals surface area contributed by atoms with Crippen molar-refractivity contribution in [2.24, 2.45) is 7.05 Å². The van der Waals surface area contributed by atoms with Crippen molar-refractivity contribution in [3.8, 4) is 11.3 Å². The van der Waals surface area contributed by atoms with Gasteiger partial charge in [-0.05, 0) is 12.1 Å². The van der Waals surface area contributed by atoms with Gasteiger partial charge < -0.3 is 14.3 Å². The summed E-state index contributed by atoms with van der Waals surface area (Å²) in [5.74, 6) is 3.02. The number of nitrogens with one attached hydrogen (secondary N) is 1. The van der Waals surface area contributed by atoms with Crippen LogP contribution < -0.4 is 5.32 Å². The molecule has 4 rings (SSSR count). The SMILES string of the molecule is Cl.Cn1ccnc1C1CNCCN1Cc1ccc(-c2ccccc2)o1. The van der Waals surface area contributed by atoms with Crippen molar-refractivity contribution in [1.29, 1.82) is 0 Å². The normalized spacial score (nSPS) is 18.0. The number of aryl methyl sites for hydroxylation is 1. The molecule has 2 aromatic heterocycles. The van der Waals surface area contributed by atoms with Crippen LogP contribution in [0.4, 0.5) is 0 Å².